The van der Waals surface area contributed by atoms with Crippen LogP contribution in [0, 0.1) is 33.4 Å². The number of ether oxygens (including phenoxy) is 2. The number of aromatic hydroxyl groups is 5. The summed E-state index contributed by atoms with van der Waals surface area (Å²) in [6.07, 6.45) is 12.8. The third-order valence-corrected chi connectivity index (χ3v) is 14.9. The number of benzene rings is 9. The van der Waals surface area contributed by atoms with Crippen molar-refractivity contribution in [2.75, 3.05) is 25.3 Å². The quantitative estimate of drug-likeness (QED) is 0.00798. The third kappa shape index (κ3) is 38.7. The van der Waals surface area contributed by atoms with E-state index in [1.807, 2.05) is 42.5 Å². The van der Waals surface area contributed by atoms with Gasteiger partial charge < -0.3 is 46.1 Å². The molecule has 19 nitrogen and oxygen atoms in total. The summed E-state index contributed by atoms with van der Waals surface area (Å²) in [5, 5.41) is 59.1. The van der Waals surface area contributed by atoms with Gasteiger partial charge in [0.2, 0.25) is 5.70 Å². The lowest BCUT2D eigenvalue weighted by atomic mass is 10.1. The molecule has 0 spiro atoms. The van der Waals surface area contributed by atoms with Gasteiger partial charge in [-0.05, 0) is 219 Å². The van der Waals surface area contributed by atoms with Gasteiger partial charge in [0.05, 0.1) is 30.3 Å². The van der Waals surface area contributed by atoms with Gasteiger partial charge in [0.1, 0.15) is 69.9 Å². The lowest BCUT2D eigenvalue weighted by molar-refractivity contribution is -0.422. The van der Waals surface area contributed by atoms with Crippen LogP contribution in [0.25, 0.3) is 12.2 Å². The molecule has 2 saturated carbocycles. The van der Waals surface area contributed by atoms with E-state index in [9.17, 15) is 66.3 Å². The van der Waals surface area contributed by atoms with Gasteiger partial charge in [-0.15, -0.1) is 12.4 Å². The number of esters is 2. The molecule has 0 bridgehead atoms. The molecule has 8 N–H and O–H groups in total. The Hall–Kier alpha value is -12.0. The van der Waals surface area contributed by atoms with Crippen LogP contribution in [0.2, 0.25) is 0 Å². The number of nitro groups is 1. The number of allylic oxidation sites excluding steroid dienone is 1. The minimum absolute atomic E-state index is 0. The van der Waals surface area contributed by atoms with Gasteiger partial charge >= 0.3 is 11.9 Å². The number of Topliss-reactive ketones (excluding diaryl/α,β-unsaturated/α-hetero) is 2. The third-order valence-electron chi connectivity index (χ3n) is 14.4. The Morgan fingerprint density at radius 3 is 1.29 bits per heavy atom. The van der Waals surface area contributed by atoms with Crippen LogP contribution in [0.3, 0.4) is 0 Å². The summed E-state index contributed by atoms with van der Waals surface area (Å²) in [4.78, 5) is 82.1. The highest BCUT2D eigenvalue weighted by molar-refractivity contribution is 9.10. The zero-order valence-corrected chi connectivity index (χ0v) is 62.4. The Balaban J connectivity index is 0.000000419. The van der Waals surface area contributed by atoms with E-state index >= 15 is 0 Å². The molecule has 108 heavy (non-hydrogen) atoms. The Kier molecular flexibility index (Phi) is 42.3. The first kappa shape index (κ1) is 92.1. The number of phenols is 5. The molecule has 2 fully saturated rings. The fourth-order valence-electron chi connectivity index (χ4n) is 9.03. The summed E-state index contributed by atoms with van der Waals surface area (Å²) in [5.41, 5.74) is 13.5. The average Bonchev–Trinajstić information content (AvgIpc) is 1.62. The summed E-state index contributed by atoms with van der Waals surface area (Å²) in [6, 6.07) is 54.8. The monoisotopic (exact) mass is 1570 g/mol. The van der Waals surface area contributed by atoms with Crippen LogP contribution in [0.4, 0.5) is 28.9 Å². The van der Waals surface area contributed by atoms with E-state index in [4.69, 9.17) is 26.2 Å². The van der Waals surface area contributed by atoms with E-state index in [2.05, 4.69) is 80.6 Å². The van der Waals surface area contributed by atoms with E-state index in [0.717, 1.165) is 77.1 Å². The van der Waals surface area contributed by atoms with E-state index in [0.29, 0.717) is 42.0 Å². The molecule has 0 radical (unpaired) electrons. The lowest BCUT2D eigenvalue weighted by Gasteiger charge is -2.16. The summed E-state index contributed by atoms with van der Waals surface area (Å²) in [7, 11) is 2.49. The predicted molar refractivity (Wildman–Crippen MR) is 415 cm³/mol. The topological polar surface area (TPSA) is 320 Å². The maximum Gasteiger partial charge on any atom is 0.330 e. The second-order valence-corrected chi connectivity index (χ2v) is 24.6. The average molecular weight is 1570 g/mol. The number of aldehydes is 3. The fourth-order valence-corrected chi connectivity index (χ4v) is 9.44. The number of methoxy groups -OCH3 is 2. The molecule has 1 atom stereocenters. The first-order chi connectivity index (χ1) is 50.9. The van der Waals surface area contributed by atoms with Crippen molar-refractivity contribution in [3.63, 3.8) is 0 Å². The number of hydrogen-bond acceptors (Lipinski definition) is 18. The Morgan fingerprint density at radius 1 is 0.556 bits per heavy atom. The predicted octanol–water partition coefficient (Wildman–Crippen LogP) is 18.0. The number of ketones is 2. The van der Waals surface area contributed by atoms with Crippen LogP contribution in [-0.4, -0.2) is 93.1 Å². The molecule has 2 aliphatic rings. The van der Waals surface area contributed by atoms with Crippen molar-refractivity contribution < 1.29 is 91.1 Å². The number of nitrogens with zero attached hydrogens (tertiary/aromatic N) is 1. The second-order valence-electron chi connectivity index (χ2n) is 23.7. The van der Waals surface area contributed by atoms with Gasteiger partial charge in [0, 0.05) is 65.4 Å². The first-order valence-corrected chi connectivity index (χ1v) is 33.6. The van der Waals surface area contributed by atoms with E-state index in [1.165, 1.54) is 114 Å². The standard InChI is InChI=1S/C18H21NO.C11H8F2O3.C9H9NO3.C9H11N.2C9H10O2.C7H3BrF2O.C7H6O2.C4H6O2.ClH/c1-13(11-14-3-2-4-18(20)12-14)19-17-9-7-16(8-10-17)15-5-6-15;1-16-11(15)3-2-7-4-9(12)8(6-14)10(13)5-7;1-7(10(12)13)5-8-3-2-4-9(11)6-8;10-9-5-3-8(4-6-9)7-1-2-7;2*1-7(10)5-8-3-2-4-9(11)6-8;8-4-1-6(9)5(3-11)7(10)2-4;8-5-6-2-1-3-7(9)4-6;1-3-4(5)6-2;/h2-4,7-10,12-13,15,19-20H,5-6,11H2,1H3;2-6H,1H3;2-6,11H,1H3;3-7H,1-2,10H2;2*2-4,6,11H,5H2,1H3;1-3H;1-5,9H;3H,1H2,2H3;1H/b;3-2+;7-5-;;;;;;;. The maximum absolute atomic E-state index is 13.1. The van der Waals surface area contributed by atoms with Gasteiger partial charge in [-0.2, -0.15) is 0 Å². The van der Waals surface area contributed by atoms with Crippen molar-refractivity contribution in [3.8, 4) is 28.7 Å². The summed E-state index contributed by atoms with van der Waals surface area (Å²) in [6.45, 7) is 9.79. The smallest absolute Gasteiger partial charge is 0.330 e. The number of nitrogens with one attached hydrogen (secondary N) is 1. The molecule has 11 rings (SSSR count). The number of nitrogens with two attached hydrogens (primary N) is 1. The second kappa shape index (κ2) is 49.7. The molecule has 2 aliphatic carbocycles. The number of hydrogen-bond donors (Lipinski definition) is 7. The molecule has 0 amide bonds. The van der Waals surface area contributed by atoms with Crippen molar-refractivity contribution in [2.24, 2.45) is 0 Å². The van der Waals surface area contributed by atoms with Crippen LogP contribution >= 0.6 is 28.3 Å². The number of rotatable bonds is 18. The largest absolute Gasteiger partial charge is 0.508 e. The maximum atomic E-state index is 13.1. The molecule has 9 aromatic carbocycles. The van der Waals surface area contributed by atoms with Gasteiger partial charge in [-0.1, -0.05) is 107 Å². The Morgan fingerprint density at radius 2 is 0.935 bits per heavy atom. The van der Waals surface area contributed by atoms with Crippen LogP contribution in [0.1, 0.15) is 135 Å². The SMILES string of the molecule is C/C(=C/c1cccc(O)c1)[N+](=O)[O-].C=CC(=O)OC.CC(=O)Cc1cccc(O)c1.CC(=O)Cc1cccc(O)c1.CC(Cc1cccc(O)c1)Nc1ccc(C2CC2)cc1.COC(=O)/C=C/c1cc(F)c(C=O)c(F)c1.Cl.Nc1ccc(C2CC2)cc1.O=Cc1c(F)cc(Br)cc1F.O=Cc1cccc(O)c1. The molecule has 0 aromatic heterocycles. The summed E-state index contributed by atoms with van der Waals surface area (Å²) < 4.78 is 60.1. The van der Waals surface area contributed by atoms with Crippen molar-refractivity contribution >= 4 is 94.2 Å². The first-order valence-electron chi connectivity index (χ1n) is 32.8. The molecule has 570 valence electrons. The zero-order chi connectivity index (χ0) is 79.5. The van der Waals surface area contributed by atoms with Crippen molar-refractivity contribution in [1.82, 2.24) is 0 Å². The molecule has 0 saturated heterocycles. The lowest BCUT2D eigenvalue weighted by Crippen LogP contribution is -2.17. The summed E-state index contributed by atoms with van der Waals surface area (Å²) in [5.74, 6) is -1.82. The van der Waals surface area contributed by atoms with E-state index in [1.54, 1.807) is 66.7 Å². The number of carbonyl (C=O) groups excluding carboxylic acids is 7. The normalized spacial score (nSPS) is 11.5. The van der Waals surface area contributed by atoms with Crippen LogP contribution in [0.15, 0.2) is 223 Å². The Labute approximate surface area is 638 Å². The van der Waals surface area contributed by atoms with Crippen molar-refractivity contribution in [3.05, 3.63) is 312 Å². The molecule has 9 aromatic rings. The number of nitrogen functional groups attached to an aromatic ring is 1. The number of carbonyl (C=O) groups is 7. The number of halogens is 6. The minimum atomic E-state index is -0.973. The highest BCUT2D eigenvalue weighted by Crippen LogP contribution is 2.41. The Bertz CT molecular complexity index is 4370. The van der Waals surface area contributed by atoms with E-state index in [-0.39, 0.29) is 75.3 Å². The van der Waals surface area contributed by atoms with Crippen molar-refractivity contribution in [2.45, 2.75) is 90.5 Å². The van der Waals surface area contributed by atoms with Gasteiger partial charge in [-0.3, -0.25) is 34.1 Å². The number of phenolic OH excluding ortho intramolecular Hbond substituents is 5. The van der Waals surface area contributed by atoms with E-state index < -0.39 is 51.3 Å². The van der Waals surface area contributed by atoms with Crippen LogP contribution in [-0.2, 0) is 47.9 Å². The van der Waals surface area contributed by atoms with Crippen LogP contribution in [0.5, 0.6) is 28.7 Å². The molecule has 0 heterocycles. The highest BCUT2D eigenvalue weighted by atomic mass is 79.9. The number of anilines is 2. The van der Waals surface area contributed by atoms with Gasteiger partial charge in [0.25, 0.3) is 0 Å². The van der Waals surface area contributed by atoms with Gasteiger partial charge in [0.15, 0.2) is 12.6 Å². The zero-order valence-electron chi connectivity index (χ0n) is 60.0. The van der Waals surface area contributed by atoms with Crippen molar-refractivity contribution in [1.29, 1.82) is 0 Å². The molecule has 25 heteroatoms. The highest BCUT2D eigenvalue weighted by Gasteiger charge is 2.24. The minimum Gasteiger partial charge on any atom is -0.508 e. The fraction of sp³-hybridized carbons (Fsp3) is 0.193. The summed E-state index contributed by atoms with van der Waals surface area (Å²) >= 11 is 2.88. The molecule has 0 aliphatic heterocycles. The molecule has 1 unspecified atom stereocenters. The van der Waals surface area contributed by atoms with Gasteiger partial charge in [-0.25, -0.2) is 27.2 Å². The van der Waals surface area contributed by atoms with Crippen LogP contribution < -0.4 is 11.1 Å². The molecular formula is C83H85BrClF4N3O16. The molecular weight excluding hydrogens is 1490 g/mol.